The van der Waals surface area contributed by atoms with E-state index in [1.807, 2.05) is 4.90 Å². The molecule has 3 heterocycles. The zero-order valence-electron chi connectivity index (χ0n) is 17.9. The molecule has 1 fully saturated rings. The van der Waals surface area contributed by atoms with Gasteiger partial charge in [0.05, 0.1) is 24.9 Å². The van der Waals surface area contributed by atoms with Gasteiger partial charge in [-0.05, 0) is 44.0 Å². The van der Waals surface area contributed by atoms with Crippen molar-refractivity contribution in [2.75, 3.05) is 25.1 Å². The van der Waals surface area contributed by atoms with Gasteiger partial charge < -0.3 is 20.6 Å². The van der Waals surface area contributed by atoms with Gasteiger partial charge in [0.25, 0.3) is 5.91 Å². The molecule has 1 aliphatic heterocycles. The first-order chi connectivity index (χ1) is 15.3. The third-order valence-electron chi connectivity index (χ3n) is 6.06. The van der Waals surface area contributed by atoms with Gasteiger partial charge in [-0.25, -0.2) is 18.3 Å². The molecule has 0 saturated carbocycles. The second-order valence-electron chi connectivity index (χ2n) is 8.15. The molecule has 170 valence electrons. The number of likely N-dealkylation sites (N-methyl/N-ethyl adjacent to an activating group) is 1. The number of carbonyl (C=O) groups excluding carboxylic acids is 1. The average molecular weight is 444 g/mol. The predicted molar refractivity (Wildman–Crippen MR) is 115 cm³/mol. The largest absolute Gasteiger partial charge is 0.394 e. The summed E-state index contributed by atoms with van der Waals surface area (Å²) in [7, 11) is 1.57. The first-order valence-electron chi connectivity index (χ1n) is 10.5. The molecule has 4 rings (SSSR count). The number of rotatable bonds is 6. The van der Waals surface area contributed by atoms with E-state index in [1.165, 1.54) is 21.7 Å². The molecule has 0 spiro atoms. The lowest BCUT2D eigenvalue weighted by Gasteiger charge is -2.29. The third-order valence-corrected chi connectivity index (χ3v) is 6.06. The number of nitrogens with two attached hydrogens (primary N) is 1. The van der Waals surface area contributed by atoms with Crippen molar-refractivity contribution >= 4 is 17.4 Å². The molecule has 32 heavy (non-hydrogen) atoms. The quantitative estimate of drug-likeness (QED) is 0.604. The van der Waals surface area contributed by atoms with E-state index in [4.69, 9.17) is 5.73 Å². The Morgan fingerprint density at radius 2 is 2.16 bits per heavy atom. The van der Waals surface area contributed by atoms with Crippen LogP contribution in [0.4, 0.5) is 14.6 Å². The van der Waals surface area contributed by atoms with E-state index in [0.29, 0.717) is 24.4 Å². The number of fused-ring (bicyclic) bond motifs is 1. The van der Waals surface area contributed by atoms with Crippen LogP contribution in [0.25, 0.3) is 5.65 Å². The van der Waals surface area contributed by atoms with Crippen molar-refractivity contribution in [1.82, 2.24) is 19.5 Å². The minimum Gasteiger partial charge on any atom is -0.394 e. The van der Waals surface area contributed by atoms with Crippen LogP contribution in [0.15, 0.2) is 36.7 Å². The molecule has 2 aromatic heterocycles. The highest BCUT2D eigenvalue weighted by Crippen LogP contribution is 2.36. The fourth-order valence-electron chi connectivity index (χ4n) is 4.29. The van der Waals surface area contributed by atoms with Crippen molar-refractivity contribution in [2.45, 2.75) is 37.9 Å². The summed E-state index contributed by atoms with van der Waals surface area (Å²) in [5, 5.41) is 13.8. The number of hydrogen-bond donors (Lipinski definition) is 2. The highest BCUT2D eigenvalue weighted by Gasteiger charge is 2.31. The number of aliphatic hydroxyl groups excluding tert-OH is 1. The van der Waals surface area contributed by atoms with Crippen LogP contribution in [-0.2, 0) is 0 Å². The van der Waals surface area contributed by atoms with Gasteiger partial charge in [-0.15, -0.1) is 0 Å². The molecule has 3 atom stereocenters. The topological polar surface area (TPSA) is 100.0 Å². The summed E-state index contributed by atoms with van der Waals surface area (Å²) in [5.41, 5.74) is 6.79. The Labute approximate surface area is 184 Å². The van der Waals surface area contributed by atoms with Gasteiger partial charge in [-0.2, -0.15) is 5.10 Å². The van der Waals surface area contributed by atoms with Crippen molar-refractivity contribution in [3.63, 3.8) is 0 Å². The van der Waals surface area contributed by atoms with E-state index >= 15 is 0 Å². The molecular weight excluding hydrogens is 418 g/mol. The van der Waals surface area contributed by atoms with Gasteiger partial charge >= 0.3 is 0 Å². The number of aliphatic hydroxyl groups is 1. The van der Waals surface area contributed by atoms with Crippen LogP contribution in [0.3, 0.4) is 0 Å². The molecule has 1 amide bonds. The molecule has 1 aromatic carbocycles. The Bertz CT molecular complexity index is 1130. The van der Waals surface area contributed by atoms with Crippen LogP contribution in [0, 0.1) is 11.6 Å². The van der Waals surface area contributed by atoms with Crippen LogP contribution < -0.4 is 10.6 Å². The number of carbonyl (C=O) groups is 1. The molecule has 1 aliphatic rings. The number of anilines is 1. The summed E-state index contributed by atoms with van der Waals surface area (Å²) in [6.45, 7) is 2.07. The van der Waals surface area contributed by atoms with E-state index in [9.17, 15) is 18.7 Å². The number of nitrogens with zero attached hydrogens (tertiary/aromatic N) is 5. The number of amides is 1. The first kappa shape index (κ1) is 22.1. The molecule has 8 nitrogen and oxygen atoms in total. The Hall–Kier alpha value is -3.11. The summed E-state index contributed by atoms with van der Waals surface area (Å²) in [5.74, 6) is -0.768. The van der Waals surface area contributed by atoms with Crippen molar-refractivity contribution < 1.29 is 18.7 Å². The lowest BCUT2D eigenvalue weighted by Crippen LogP contribution is -2.49. The van der Waals surface area contributed by atoms with Gasteiger partial charge in [0.1, 0.15) is 23.0 Å². The zero-order valence-corrected chi connectivity index (χ0v) is 17.9. The van der Waals surface area contributed by atoms with E-state index in [1.54, 1.807) is 26.2 Å². The standard InChI is InChI=1S/C22H26F2N6O2/c1-13(25)19(12-31)28(2)22(32)16-11-26-30-9-7-20(27-21(16)30)29-8-3-4-18(29)15-10-14(23)5-6-17(15)24/h5-7,9-11,13,18-19,31H,3-4,8,12,25H2,1-2H3/t13-,18?,19?/m0/s1. The molecule has 0 radical (unpaired) electrons. The summed E-state index contributed by atoms with van der Waals surface area (Å²) in [6.07, 6.45) is 4.57. The van der Waals surface area contributed by atoms with Crippen molar-refractivity contribution in [3.8, 4) is 0 Å². The lowest BCUT2D eigenvalue weighted by atomic mass is 10.0. The van der Waals surface area contributed by atoms with Crippen LogP contribution >= 0.6 is 0 Å². The number of aromatic nitrogens is 3. The van der Waals surface area contributed by atoms with Crippen LogP contribution in [0.5, 0.6) is 0 Å². The van der Waals surface area contributed by atoms with Crippen molar-refractivity contribution in [2.24, 2.45) is 5.73 Å². The summed E-state index contributed by atoms with van der Waals surface area (Å²) in [6, 6.07) is 3.87. The molecule has 0 aliphatic carbocycles. The summed E-state index contributed by atoms with van der Waals surface area (Å²) >= 11 is 0. The Kier molecular flexibility index (Phi) is 6.07. The number of halogens is 2. The lowest BCUT2D eigenvalue weighted by molar-refractivity contribution is 0.0632. The molecule has 10 heteroatoms. The Morgan fingerprint density at radius 3 is 2.88 bits per heavy atom. The first-order valence-corrected chi connectivity index (χ1v) is 10.5. The fraction of sp³-hybridized carbons (Fsp3) is 0.409. The molecule has 1 saturated heterocycles. The second kappa shape index (κ2) is 8.79. The molecule has 3 N–H and O–H groups in total. The van der Waals surface area contributed by atoms with E-state index in [2.05, 4.69) is 10.1 Å². The maximum Gasteiger partial charge on any atom is 0.259 e. The van der Waals surface area contributed by atoms with Crippen LogP contribution in [-0.4, -0.2) is 62.8 Å². The van der Waals surface area contributed by atoms with Crippen LogP contribution in [0.1, 0.15) is 41.7 Å². The average Bonchev–Trinajstić information content (AvgIpc) is 3.41. The minimum atomic E-state index is -0.556. The molecule has 3 aromatic rings. The van der Waals surface area contributed by atoms with E-state index in [-0.39, 0.29) is 29.7 Å². The normalized spacial score (nSPS) is 18.2. The van der Waals surface area contributed by atoms with Crippen LogP contribution in [0.2, 0.25) is 0 Å². The predicted octanol–water partition coefficient (Wildman–Crippen LogP) is 2.13. The Balaban J connectivity index is 1.69. The Morgan fingerprint density at radius 1 is 1.38 bits per heavy atom. The second-order valence-corrected chi connectivity index (χ2v) is 8.15. The maximum absolute atomic E-state index is 14.4. The fourth-order valence-corrected chi connectivity index (χ4v) is 4.29. The highest BCUT2D eigenvalue weighted by atomic mass is 19.1. The van der Waals surface area contributed by atoms with Gasteiger partial charge in [0, 0.05) is 31.4 Å². The van der Waals surface area contributed by atoms with Gasteiger partial charge in [-0.3, -0.25) is 4.79 Å². The van der Waals surface area contributed by atoms with E-state index in [0.717, 1.165) is 18.6 Å². The molecule has 2 unspecified atom stereocenters. The van der Waals surface area contributed by atoms with E-state index < -0.39 is 23.7 Å². The van der Waals surface area contributed by atoms with Gasteiger partial charge in [0.2, 0.25) is 0 Å². The number of benzene rings is 1. The third kappa shape index (κ3) is 3.91. The molecular formula is C22H26F2N6O2. The summed E-state index contributed by atoms with van der Waals surface area (Å²) < 4.78 is 29.7. The van der Waals surface area contributed by atoms with Crippen molar-refractivity contribution in [1.29, 1.82) is 0 Å². The van der Waals surface area contributed by atoms with Gasteiger partial charge in [0.15, 0.2) is 5.65 Å². The smallest absolute Gasteiger partial charge is 0.259 e. The summed E-state index contributed by atoms with van der Waals surface area (Å²) in [4.78, 5) is 21.0. The SMILES string of the molecule is C[C@H](N)C(CO)N(C)C(=O)c1cnn2ccc(N3CCCC3c3cc(F)ccc3F)nc12. The molecule has 0 bridgehead atoms. The maximum atomic E-state index is 14.4. The monoisotopic (exact) mass is 444 g/mol. The highest BCUT2D eigenvalue weighted by molar-refractivity contribution is 5.99. The van der Waals surface area contributed by atoms with Gasteiger partial charge in [-0.1, -0.05) is 0 Å². The minimum absolute atomic E-state index is 0.265. The zero-order chi connectivity index (χ0) is 23.0. The number of hydrogen-bond acceptors (Lipinski definition) is 6. The van der Waals surface area contributed by atoms with Crippen molar-refractivity contribution in [3.05, 3.63) is 59.4 Å².